The number of fused-ring (bicyclic) bond motifs is 1. The Morgan fingerprint density at radius 1 is 1.29 bits per heavy atom. The van der Waals surface area contributed by atoms with Crippen LogP contribution in [0.2, 0.25) is 0 Å². The fraction of sp³-hybridized carbons (Fsp3) is 0.611. The number of hydrogen-bond donors (Lipinski definition) is 2. The molecule has 1 aliphatic rings. The van der Waals surface area contributed by atoms with Gasteiger partial charge in [-0.05, 0) is 31.4 Å². The van der Waals surface area contributed by atoms with Gasteiger partial charge in [0.1, 0.15) is 0 Å². The number of nitrogens with one attached hydrogen (secondary N) is 2. The van der Waals surface area contributed by atoms with Crippen LogP contribution in [0.15, 0.2) is 29.3 Å². The molecule has 0 aromatic heterocycles. The van der Waals surface area contributed by atoms with Gasteiger partial charge in [0.05, 0.1) is 6.61 Å². The van der Waals surface area contributed by atoms with Gasteiger partial charge in [-0.2, -0.15) is 0 Å². The highest BCUT2D eigenvalue weighted by molar-refractivity contribution is 14.0. The van der Waals surface area contributed by atoms with Gasteiger partial charge >= 0.3 is 0 Å². The molecule has 2 rings (SSSR count). The van der Waals surface area contributed by atoms with Gasteiger partial charge in [0.2, 0.25) is 0 Å². The first-order valence-corrected chi connectivity index (χ1v) is 8.41. The Morgan fingerprint density at radius 2 is 2.00 bits per heavy atom. The lowest BCUT2D eigenvalue weighted by Gasteiger charge is -2.34. The minimum Gasteiger partial charge on any atom is -0.383 e. The van der Waals surface area contributed by atoms with Crippen molar-refractivity contribution in [1.82, 2.24) is 15.5 Å². The first-order chi connectivity index (χ1) is 11.1. The number of aliphatic imine (C=N–C) groups is 1. The maximum atomic E-state index is 5.15. The molecule has 1 aromatic carbocycles. The summed E-state index contributed by atoms with van der Waals surface area (Å²) in [6, 6.07) is 9.46. The number of methoxy groups -OCH3 is 1. The second kappa shape index (κ2) is 10.9. The second-order valence-electron chi connectivity index (χ2n) is 6.29. The van der Waals surface area contributed by atoms with Crippen LogP contribution in [0.1, 0.15) is 25.0 Å². The average molecular weight is 446 g/mol. The Kier molecular flexibility index (Phi) is 9.61. The molecular formula is C18H31IN4O. The molecule has 136 valence electrons. The Balaban J connectivity index is 0.00000288. The Morgan fingerprint density at radius 3 is 2.67 bits per heavy atom. The van der Waals surface area contributed by atoms with Gasteiger partial charge in [0.15, 0.2) is 5.96 Å². The summed E-state index contributed by atoms with van der Waals surface area (Å²) in [7, 11) is 3.52. The van der Waals surface area contributed by atoms with Gasteiger partial charge in [0.25, 0.3) is 0 Å². The van der Waals surface area contributed by atoms with Crippen molar-refractivity contribution in [2.75, 3.05) is 33.9 Å². The summed E-state index contributed by atoms with van der Waals surface area (Å²) in [6.45, 7) is 8.05. The summed E-state index contributed by atoms with van der Waals surface area (Å²) < 4.78 is 5.15. The van der Waals surface area contributed by atoms with E-state index in [0.717, 1.165) is 32.0 Å². The Labute approximate surface area is 163 Å². The van der Waals surface area contributed by atoms with E-state index in [2.05, 4.69) is 58.6 Å². The summed E-state index contributed by atoms with van der Waals surface area (Å²) >= 11 is 0. The van der Waals surface area contributed by atoms with Crippen LogP contribution in [0, 0.1) is 0 Å². The van der Waals surface area contributed by atoms with Crippen LogP contribution in [0.4, 0.5) is 0 Å². The lowest BCUT2D eigenvalue weighted by atomic mass is 9.99. The number of guanidine groups is 1. The standard InChI is InChI=1S/C18H30N4O.HI/c1-14(13-23-4)21-18(19-3)20-11-15(2)22-10-9-16-7-5-6-8-17(16)12-22;/h5-8,14-15H,9-13H2,1-4H3,(H2,19,20,21);1H. The van der Waals surface area contributed by atoms with Gasteiger partial charge in [-0.25, -0.2) is 0 Å². The van der Waals surface area contributed by atoms with Crippen molar-refractivity contribution in [2.45, 2.75) is 38.9 Å². The third-order valence-electron chi connectivity index (χ3n) is 4.37. The fourth-order valence-electron chi connectivity index (χ4n) is 2.99. The monoisotopic (exact) mass is 446 g/mol. The van der Waals surface area contributed by atoms with E-state index < -0.39 is 0 Å². The minimum atomic E-state index is 0. The molecule has 0 bridgehead atoms. The highest BCUT2D eigenvalue weighted by atomic mass is 127. The average Bonchev–Trinajstić information content (AvgIpc) is 2.58. The molecule has 24 heavy (non-hydrogen) atoms. The SMILES string of the molecule is CN=C(NCC(C)N1CCc2ccccc2C1)NC(C)COC.I. The number of rotatable bonds is 6. The third kappa shape index (κ3) is 6.22. The van der Waals surface area contributed by atoms with E-state index in [0.29, 0.717) is 12.6 Å². The highest BCUT2D eigenvalue weighted by Crippen LogP contribution is 2.19. The van der Waals surface area contributed by atoms with Crippen molar-refractivity contribution in [3.05, 3.63) is 35.4 Å². The first-order valence-electron chi connectivity index (χ1n) is 8.41. The van der Waals surface area contributed by atoms with E-state index in [-0.39, 0.29) is 30.0 Å². The highest BCUT2D eigenvalue weighted by Gasteiger charge is 2.20. The summed E-state index contributed by atoms with van der Waals surface area (Å²) in [4.78, 5) is 6.81. The van der Waals surface area contributed by atoms with E-state index in [1.807, 2.05) is 0 Å². The smallest absolute Gasteiger partial charge is 0.191 e. The maximum absolute atomic E-state index is 5.15. The minimum absolute atomic E-state index is 0. The largest absolute Gasteiger partial charge is 0.383 e. The van der Waals surface area contributed by atoms with Crippen molar-refractivity contribution in [3.63, 3.8) is 0 Å². The lowest BCUT2D eigenvalue weighted by molar-refractivity contribution is 0.178. The molecule has 0 fully saturated rings. The van der Waals surface area contributed by atoms with Crippen molar-refractivity contribution in [1.29, 1.82) is 0 Å². The predicted molar refractivity (Wildman–Crippen MR) is 111 cm³/mol. The molecular weight excluding hydrogens is 415 g/mol. The van der Waals surface area contributed by atoms with Crippen LogP contribution in [-0.4, -0.2) is 56.8 Å². The van der Waals surface area contributed by atoms with Gasteiger partial charge in [-0.1, -0.05) is 24.3 Å². The zero-order valence-corrected chi connectivity index (χ0v) is 17.5. The molecule has 0 aliphatic carbocycles. The normalized spacial score (nSPS) is 17.4. The molecule has 2 atom stereocenters. The van der Waals surface area contributed by atoms with Gasteiger partial charge in [-0.3, -0.25) is 9.89 Å². The molecule has 0 radical (unpaired) electrons. The predicted octanol–water partition coefficient (Wildman–Crippen LogP) is 2.25. The van der Waals surface area contributed by atoms with Crippen molar-refractivity contribution in [3.8, 4) is 0 Å². The van der Waals surface area contributed by atoms with Gasteiger partial charge in [0, 0.05) is 45.9 Å². The van der Waals surface area contributed by atoms with E-state index in [1.165, 1.54) is 11.1 Å². The molecule has 1 aromatic rings. The molecule has 6 heteroatoms. The molecule has 1 heterocycles. The number of ether oxygens (including phenoxy) is 1. The summed E-state index contributed by atoms with van der Waals surface area (Å²) in [5, 5.41) is 6.76. The van der Waals surface area contributed by atoms with E-state index >= 15 is 0 Å². The van der Waals surface area contributed by atoms with Gasteiger partial charge in [-0.15, -0.1) is 24.0 Å². The van der Waals surface area contributed by atoms with Crippen LogP contribution in [0.25, 0.3) is 0 Å². The molecule has 2 N–H and O–H groups in total. The molecule has 0 saturated carbocycles. The first kappa shape index (κ1) is 21.2. The summed E-state index contributed by atoms with van der Waals surface area (Å²) in [6.07, 6.45) is 1.14. The molecule has 0 amide bonds. The van der Waals surface area contributed by atoms with Crippen LogP contribution in [0.3, 0.4) is 0 Å². The van der Waals surface area contributed by atoms with Crippen LogP contribution in [0.5, 0.6) is 0 Å². The quantitative estimate of drug-likeness (QED) is 0.400. The maximum Gasteiger partial charge on any atom is 0.191 e. The Bertz CT molecular complexity index is 523. The molecule has 5 nitrogen and oxygen atoms in total. The lowest BCUT2D eigenvalue weighted by Crippen LogP contribution is -2.49. The molecule has 1 aliphatic heterocycles. The second-order valence-corrected chi connectivity index (χ2v) is 6.29. The van der Waals surface area contributed by atoms with E-state index in [9.17, 15) is 0 Å². The number of nitrogens with zero attached hydrogens (tertiary/aromatic N) is 2. The van der Waals surface area contributed by atoms with E-state index in [4.69, 9.17) is 4.74 Å². The van der Waals surface area contributed by atoms with Crippen molar-refractivity contribution in [2.24, 2.45) is 4.99 Å². The van der Waals surface area contributed by atoms with Crippen LogP contribution >= 0.6 is 24.0 Å². The molecule has 0 saturated heterocycles. The third-order valence-corrected chi connectivity index (χ3v) is 4.37. The van der Waals surface area contributed by atoms with Crippen molar-refractivity contribution >= 4 is 29.9 Å². The number of benzene rings is 1. The van der Waals surface area contributed by atoms with Crippen molar-refractivity contribution < 1.29 is 4.74 Å². The Hall–Kier alpha value is -0.860. The summed E-state index contributed by atoms with van der Waals surface area (Å²) in [5.74, 6) is 0.832. The van der Waals surface area contributed by atoms with Crippen LogP contribution in [-0.2, 0) is 17.7 Å². The zero-order valence-electron chi connectivity index (χ0n) is 15.2. The topological polar surface area (TPSA) is 48.9 Å². The van der Waals surface area contributed by atoms with Crippen LogP contribution < -0.4 is 10.6 Å². The molecule has 2 unspecified atom stereocenters. The van der Waals surface area contributed by atoms with Gasteiger partial charge < -0.3 is 15.4 Å². The molecule has 0 spiro atoms. The number of halogens is 1. The number of hydrogen-bond acceptors (Lipinski definition) is 3. The van der Waals surface area contributed by atoms with E-state index in [1.54, 1.807) is 14.2 Å². The zero-order chi connectivity index (χ0) is 16.7. The summed E-state index contributed by atoms with van der Waals surface area (Å²) in [5.41, 5.74) is 2.96. The fourth-order valence-corrected chi connectivity index (χ4v) is 2.99.